The smallest absolute Gasteiger partial charge is 0.338 e. The summed E-state index contributed by atoms with van der Waals surface area (Å²) in [6.07, 6.45) is -5.20. The summed E-state index contributed by atoms with van der Waals surface area (Å²) in [4.78, 5) is 39.5. The van der Waals surface area contributed by atoms with Gasteiger partial charge in [0.05, 0.1) is 26.4 Å². The average Bonchev–Trinajstić information content (AvgIpc) is 3.53. The number of aliphatic hydroxyl groups is 2. The predicted molar refractivity (Wildman–Crippen MR) is 179 cm³/mol. The standard InChI is InChI=1S/C38H38N2O10/c1-37(45)34(42)39-36(44)40(35(37)43)32-22-30(50-33(41)24-10-6-4-7-11-24)31(49-32)23-48-38(25-12-8-5-9-13-25,26-14-18-28(46-2)19-15-26)27-16-20-29(47-3)21-17-27/h4-21,30-32,35,43,45H,22-23H2,1-3H3,(H,39,42,44)/t30-,31+,32+,35-,37-/m0/s1. The lowest BCUT2D eigenvalue weighted by molar-refractivity contribution is -0.195. The number of rotatable bonds is 11. The van der Waals surface area contributed by atoms with Crippen LogP contribution in [-0.2, 0) is 24.6 Å². The summed E-state index contributed by atoms with van der Waals surface area (Å²) in [5, 5.41) is 23.7. The lowest BCUT2D eigenvalue weighted by Crippen LogP contribution is -2.70. The molecule has 0 unspecified atom stereocenters. The number of carbonyl (C=O) groups excluding carboxylic acids is 3. The van der Waals surface area contributed by atoms with Crippen LogP contribution in [0.1, 0.15) is 40.4 Å². The molecule has 5 atom stereocenters. The van der Waals surface area contributed by atoms with Crippen molar-refractivity contribution in [1.29, 1.82) is 0 Å². The second kappa shape index (κ2) is 14.3. The number of benzene rings is 4. The molecule has 0 spiro atoms. The van der Waals surface area contributed by atoms with Crippen LogP contribution in [0.4, 0.5) is 4.79 Å². The van der Waals surface area contributed by atoms with Gasteiger partial charge in [0.1, 0.15) is 35.5 Å². The van der Waals surface area contributed by atoms with E-state index >= 15 is 0 Å². The fourth-order valence-electron chi connectivity index (χ4n) is 6.28. The maximum absolute atomic E-state index is 13.3. The Hall–Kier alpha value is -5.27. The molecule has 0 saturated carbocycles. The van der Waals surface area contributed by atoms with Gasteiger partial charge in [-0.2, -0.15) is 0 Å². The molecule has 4 aromatic rings. The minimum Gasteiger partial charge on any atom is -0.497 e. The number of ether oxygens (including phenoxy) is 5. The molecule has 3 N–H and O–H groups in total. The summed E-state index contributed by atoms with van der Waals surface area (Å²) >= 11 is 0. The monoisotopic (exact) mass is 682 g/mol. The van der Waals surface area contributed by atoms with Crippen LogP contribution in [0.25, 0.3) is 0 Å². The van der Waals surface area contributed by atoms with Crippen molar-refractivity contribution in [1.82, 2.24) is 10.2 Å². The minimum absolute atomic E-state index is 0.0925. The first-order valence-electron chi connectivity index (χ1n) is 16.0. The molecule has 6 rings (SSSR count). The molecule has 3 amide bonds. The van der Waals surface area contributed by atoms with Crippen molar-refractivity contribution in [3.05, 3.63) is 131 Å². The van der Waals surface area contributed by atoms with Crippen molar-refractivity contribution in [3.63, 3.8) is 0 Å². The second-order valence-electron chi connectivity index (χ2n) is 12.2. The molecule has 2 aliphatic rings. The van der Waals surface area contributed by atoms with Gasteiger partial charge in [-0.25, -0.2) is 9.59 Å². The average molecular weight is 683 g/mol. The van der Waals surface area contributed by atoms with Crippen molar-refractivity contribution >= 4 is 17.9 Å². The molecule has 0 aromatic heterocycles. The summed E-state index contributed by atoms with van der Waals surface area (Å²) in [5.74, 6) is -0.390. The number of aliphatic hydroxyl groups excluding tert-OH is 1. The highest BCUT2D eigenvalue weighted by Crippen LogP contribution is 2.43. The van der Waals surface area contributed by atoms with Crippen LogP contribution in [0.5, 0.6) is 11.5 Å². The Bertz CT molecular complexity index is 1750. The zero-order valence-corrected chi connectivity index (χ0v) is 27.7. The number of imide groups is 1. The van der Waals surface area contributed by atoms with E-state index in [0.29, 0.717) is 17.1 Å². The zero-order valence-electron chi connectivity index (χ0n) is 27.7. The number of esters is 1. The van der Waals surface area contributed by atoms with E-state index in [0.717, 1.165) is 28.5 Å². The maximum atomic E-state index is 13.3. The molecular formula is C38H38N2O10. The van der Waals surface area contributed by atoms with E-state index in [4.69, 9.17) is 23.7 Å². The highest BCUT2D eigenvalue weighted by molar-refractivity contribution is 6.01. The molecule has 2 aliphatic heterocycles. The highest BCUT2D eigenvalue weighted by Gasteiger charge is 2.54. The largest absolute Gasteiger partial charge is 0.497 e. The summed E-state index contributed by atoms with van der Waals surface area (Å²) in [7, 11) is 3.16. The topological polar surface area (TPSA) is 153 Å². The first-order chi connectivity index (χ1) is 24.1. The number of urea groups is 1. The van der Waals surface area contributed by atoms with Crippen LogP contribution in [0.2, 0.25) is 0 Å². The SMILES string of the molecule is COc1ccc(C(OC[C@H]2O[C@@H](N3C(=O)NC(=O)[C@](C)(O)[C@@H]3O)C[C@@H]2OC(=O)c2ccccc2)(c2ccccc2)c2ccc(OC)cc2)cc1. The molecule has 0 aliphatic carbocycles. The molecule has 12 nitrogen and oxygen atoms in total. The highest BCUT2D eigenvalue weighted by atomic mass is 16.6. The van der Waals surface area contributed by atoms with Crippen molar-refractivity contribution in [2.45, 2.75) is 49.2 Å². The summed E-state index contributed by atoms with van der Waals surface area (Å²) in [6, 6.07) is 31.9. The van der Waals surface area contributed by atoms with Gasteiger partial charge in [-0.1, -0.05) is 72.8 Å². The quantitative estimate of drug-likeness (QED) is 0.157. The van der Waals surface area contributed by atoms with E-state index in [-0.39, 0.29) is 13.0 Å². The molecule has 260 valence electrons. The Kier molecular flexibility index (Phi) is 9.89. The maximum Gasteiger partial charge on any atom is 0.338 e. The predicted octanol–water partition coefficient (Wildman–Crippen LogP) is 3.97. The van der Waals surface area contributed by atoms with Crippen LogP contribution in [-0.4, -0.2) is 84.1 Å². The molecule has 0 bridgehead atoms. The third kappa shape index (κ3) is 6.53. The first kappa shape index (κ1) is 34.6. The fraction of sp³-hybridized carbons (Fsp3) is 0.289. The Morgan fingerprint density at radius 3 is 1.92 bits per heavy atom. The molecule has 0 radical (unpaired) electrons. The van der Waals surface area contributed by atoms with Crippen LogP contribution >= 0.6 is 0 Å². The number of amides is 3. The van der Waals surface area contributed by atoms with Gasteiger partial charge in [0.25, 0.3) is 5.91 Å². The fourth-order valence-corrected chi connectivity index (χ4v) is 6.28. The zero-order chi connectivity index (χ0) is 35.5. The molecule has 2 saturated heterocycles. The number of nitrogens with zero attached hydrogens (tertiary/aromatic N) is 1. The van der Waals surface area contributed by atoms with E-state index in [9.17, 15) is 24.6 Å². The summed E-state index contributed by atoms with van der Waals surface area (Å²) in [5.41, 5.74) is -0.983. The van der Waals surface area contributed by atoms with Gasteiger partial charge < -0.3 is 33.9 Å². The van der Waals surface area contributed by atoms with Gasteiger partial charge in [-0.15, -0.1) is 0 Å². The molecule has 2 fully saturated rings. The van der Waals surface area contributed by atoms with Crippen LogP contribution in [0.15, 0.2) is 109 Å². The Morgan fingerprint density at radius 1 is 0.860 bits per heavy atom. The molecule has 2 heterocycles. The molecular weight excluding hydrogens is 644 g/mol. The third-order valence-electron chi connectivity index (χ3n) is 9.08. The number of hydrogen-bond acceptors (Lipinski definition) is 10. The summed E-state index contributed by atoms with van der Waals surface area (Å²) in [6.45, 7) is 0.921. The van der Waals surface area contributed by atoms with E-state index in [1.54, 1.807) is 44.6 Å². The molecule has 50 heavy (non-hydrogen) atoms. The van der Waals surface area contributed by atoms with Crippen LogP contribution in [0, 0.1) is 0 Å². The van der Waals surface area contributed by atoms with Gasteiger partial charge >= 0.3 is 12.0 Å². The Labute approximate surface area is 289 Å². The third-order valence-corrected chi connectivity index (χ3v) is 9.08. The van der Waals surface area contributed by atoms with Gasteiger partial charge in [-0.3, -0.25) is 15.0 Å². The summed E-state index contributed by atoms with van der Waals surface area (Å²) < 4.78 is 30.2. The van der Waals surface area contributed by atoms with Crippen LogP contribution < -0.4 is 14.8 Å². The van der Waals surface area contributed by atoms with Gasteiger partial charge in [-0.05, 0) is 60.0 Å². The number of nitrogens with one attached hydrogen (secondary N) is 1. The number of carbonyl (C=O) groups is 3. The number of methoxy groups -OCH3 is 2. The van der Waals surface area contributed by atoms with Crippen molar-refractivity contribution in [3.8, 4) is 11.5 Å². The van der Waals surface area contributed by atoms with Gasteiger partial charge in [0, 0.05) is 6.42 Å². The Balaban J connectivity index is 1.40. The van der Waals surface area contributed by atoms with Gasteiger partial charge in [0.2, 0.25) is 0 Å². The van der Waals surface area contributed by atoms with Crippen LogP contribution in [0.3, 0.4) is 0 Å². The van der Waals surface area contributed by atoms with E-state index in [1.807, 2.05) is 78.9 Å². The lowest BCUT2D eigenvalue weighted by atomic mass is 9.80. The van der Waals surface area contributed by atoms with Crippen molar-refractivity contribution in [2.75, 3.05) is 20.8 Å². The van der Waals surface area contributed by atoms with E-state index < -0.39 is 53.8 Å². The number of hydrogen-bond donors (Lipinski definition) is 3. The molecule has 12 heteroatoms. The molecule has 4 aromatic carbocycles. The normalized spacial score (nSPS) is 23.7. The van der Waals surface area contributed by atoms with Crippen molar-refractivity contribution < 1.29 is 48.3 Å². The van der Waals surface area contributed by atoms with Gasteiger partial charge in [0.15, 0.2) is 11.8 Å². The second-order valence-corrected chi connectivity index (χ2v) is 12.2. The van der Waals surface area contributed by atoms with Crippen molar-refractivity contribution in [2.24, 2.45) is 0 Å². The lowest BCUT2D eigenvalue weighted by Gasteiger charge is -2.42. The Morgan fingerprint density at radius 2 is 1.38 bits per heavy atom. The van der Waals surface area contributed by atoms with E-state index in [2.05, 4.69) is 5.32 Å². The first-order valence-corrected chi connectivity index (χ1v) is 16.0. The minimum atomic E-state index is -2.33. The van der Waals surface area contributed by atoms with E-state index in [1.165, 1.54) is 0 Å².